The highest BCUT2D eigenvalue weighted by atomic mass is 32.2. The quantitative estimate of drug-likeness (QED) is 0.0946. The second-order valence-electron chi connectivity index (χ2n) is 15.3. The lowest BCUT2D eigenvalue weighted by Gasteiger charge is -2.26. The van der Waals surface area contributed by atoms with Crippen molar-refractivity contribution in [1.29, 1.82) is 0 Å². The molecule has 2 heterocycles. The molecule has 18 heteroatoms. The highest BCUT2D eigenvalue weighted by Gasteiger charge is 2.35. The van der Waals surface area contributed by atoms with Gasteiger partial charge in [-0.3, -0.25) is 10.1 Å². The average Bonchev–Trinajstić information content (AvgIpc) is 3.89. The van der Waals surface area contributed by atoms with E-state index in [9.17, 15) is 14.7 Å². The number of amides is 1. The molecule has 0 aliphatic heterocycles. The van der Waals surface area contributed by atoms with Crippen LogP contribution in [0.4, 0.5) is 9.93 Å². The summed E-state index contributed by atoms with van der Waals surface area (Å²) in [5.74, 6) is 0.621. The Morgan fingerprint density at radius 3 is 1.89 bits per heavy atom. The number of hydrogen-bond donors (Lipinski definition) is 2. The lowest BCUT2D eigenvalue weighted by atomic mass is 9.95. The van der Waals surface area contributed by atoms with Gasteiger partial charge in [-0.15, -0.1) is 5.10 Å². The number of aromatic nitrogens is 5. The van der Waals surface area contributed by atoms with Crippen molar-refractivity contribution in [2.75, 3.05) is 26.6 Å². The fraction of sp³-hybridized carbons (Fsp3) is 0.244. The van der Waals surface area contributed by atoms with Crippen molar-refractivity contribution in [1.82, 2.24) is 29.5 Å². The van der Waals surface area contributed by atoms with E-state index in [0.717, 1.165) is 5.56 Å². The van der Waals surface area contributed by atoms with Crippen molar-refractivity contribution >= 4 is 48.8 Å². The number of carbonyl (C=O) groups is 2. The number of thiazole rings is 1. The van der Waals surface area contributed by atoms with Crippen molar-refractivity contribution in [2.24, 2.45) is 0 Å². The lowest BCUT2D eigenvalue weighted by Crippen LogP contribution is -2.32. The SMILES string of the molecule is COc1ccc(CN(Cc2ccc(OC)cc2)S(=O)(=O)c2c(CC(=O)O)ccc(-c3cccc4sc(NC(=O)OC(C)(C)C)nc34)c2-c2nnnn2Cc2ccc(OC)cc2)cc1. The Hall–Kier alpha value is -6.89. The third-order valence-corrected chi connectivity index (χ3v) is 12.6. The molecule has 1 amide bonds. The zero-order chi connectivity index (χ0) is 44.9. The smallest absolute Gasteiger partial charge is 0.413 e. The number of carbonyl (C=O) groups excluding carboxylic acids is 1. The standard InChI is InChI=1S/C45H45N7O9S2/c1-45(2,3)61-44(55)47-43-46-40-36(8-7-9-37(40)62-43)35-23-16-31(24-38(53)54)41(39(35)42-48-49-50-52(42)27-30-14-21-34(60-6)22-15-30)63(56,57)51(25-28-10-17-32(58-4)18-11-28)26-29-12-19-33(59-5)20-13-29/h7-23H,24-27H2,1-6H3,(H,53,54)(H,46,47,55). The molecule has 0 saturated heterocycles. The highest BCUT2D eigenvalue weighted by Crippen LogP contribution is 2.44. The van der Waals surface area contributed by atoms with Gasteiger partial charge < -0.3 is 24.1 Å². The third kappa shape index (κ3) is 10.3. The Labute approximate surface area is 368 Å². The summed E-state index contributed by atoms with van der Waals surface area (Å²) in [6.07, 6.45) is -1.34. The van der Waals surface area contributed by atoms with Crippen molar-refractivity contribution in [3.63, 3.8) is 0 Å². The van der Waals surface area contributed by atoms with E-state index in [-0.39, 0.29) is 46.6 Å². The number of nitrogens with zero attached hydrogens (tertiary/aromatic N) is 6. The van der Waals surface area contributed by atoms with E-state index in [1.807, 2.05) is 18.2 Å². The first-order valence-electron chi connectivity index (χ1n) is 19.6. The Morgan fingerprint density at radius 1 is 0.778 bits per heavy atom. The van der Waals surface area contributed by atoms with Crippen LogP contribution in [0.1, 0.15) is 43.0 Å². The molecule has 5 aromatic carbocycles. The Morgan fingerprint density at radius 2 is 1.35 bits per heavy atom. The first-order chi connectivity index (χ1) is 30.1. The number of carboxylic acids is 1. The molecule has 326 valence electrons. The summed E-state index contributed by atoms with van der Waals surface area (Å²) in [7, 11) is -0.0333. The van der Waals surface area contributed by atoms with Crippen molar-refractivity contribution in [3.8, 4) is 39.8 Å². The summed E-state index contributed by atoms with van der Waals surface area (Å²) in [4.78, 5) is 30.0. The molecule has 7 rings (SSSR count). The number of para-hydroxylation sites is 1. The first kappa shape index (κ1) is 44.2. The Bertz CT molecular complexity index is 2810. The van der Waals surface area contributed by atoms with E-state index < -0.39 is 34.1 Å². The fourth-order valence-corrected chi connectivity index (χ4v) is 9.60. The van der Waals surface area contributed by atoms with Gasteiger partial charge in [0.1, 0.15) is 22.8 Å². The number of nitrogens with one attached hydrogen (secondary N) is 1. The number of methoxy groups -OCH3 is 3. The molecule has 0 bridgehead atoms. The van der Waals surface area contributed by atoms with Crippen molar-refractivity contribution in [3.05, 3.63) is 125 Å². The summed E-state index contributed by atoms with van der Waals surface area (Å²) < 4.78 is 56.7. The maximum Gasteiger partial charge on any atom is 0.413 e. The number of aliphatic carboxylic acids is 1. The number of carboxylic acid groups (broad SMARTS) is 1. The maximum absolute atomic E-state index is 15.8. The van der Waals surface area contributed by atoms with E-state index in [1.54, 1.807) is 121 Å². The van der Waals surface area contributed by atoms with E-state index >= 15 is 8.42 Å². The van der Waals surface area contributed by atoms with E-state index in [1.165, 1.54) is 26.4 Å². The molecule has 16 nitrogen and oxygen atoms in total. The van der Waals surface area contributed by atoms with Gasteiger partial charge in [-0.25, -0.2) is 22.9 Å². The molecule has 0 atom stereocenters. The largest absolute Gasteiger partial charge is 0.497 e. The zero-order valence-corrected chi connectivity index (χ0v) is 37.0. The minimum atomic E-state index is -4.68. The minimum absolute atomic E-state index is 0.00689. The third-order valence-electron chi connectivity index (χ3n) is 9.78. The molecule has 7 aromatic rings. The van der Waals surface area contributed by atoms with Gasteiger partial charge in [0.25, 0.3) is 0 Å². The number of rotatable bonds is 16. The number of fused-ring (bicyclic) bond motifs is 1. The highest BCUT2D eigenvalue weighted by molar-refractivity contribution is 7.89. The summed E-state index contributed by atoms with van der Waals surface area (Å²) in [5.41, 5.74) is 2.64. The lowest BCUT2D eigenvalue weighted by molar-refractivity contribution is -0.136. The molecule has 0 fully saturated rings. The van der Waals surface area contributed by atoms with Crippen LogP contribution in [0, 0.1) is 0 Å². The molecule has 0 saturated carbocycles. The molecular weight excluding hydrogens is 847 g/mol. The fourth-order valence-electron chi connectivity index (χ4n) is 6.90. The monoisotopic (exact) mass is 891 g/mol. The molecule has 0 aliphatic rings. The van der Waals surface area contributed by atoms with Crippen LogP contribution >= 0.6 is 11.3 Å². The first-order valence-corrected chi connectivity index (χ1v) is 21.8. The number of ether oxygens (including phenoxy) is 4. The van der Waals surface area contributed by atoms with E-state index in [4.69, 9.17) is 23.9 Å². The van der Waals surface area contributed by atoms with Crippen LogP contribution in [0.2, 0.25) is 0 Å². The topological polar surface area (TPSA) is 197 Å². The summed E-state index contributed by atoms with van der Waals surface area (Å²) in [6.45, 7) is 5.16. The normalized spacial score (nSPS) is 11.7. The number of sulfonamides is 1. The predicted octanol–water partition coefficient (Wildman–Crippen LogP) is 8.06. The molecule has 0 unspecified atom stereocenters. The molecule has 0 aliphatic carbocycles. The van der Waals surface area contributed by atoms with Gasteiger partial charge >= 0.3 is 12.1 Å². The van der Waals surface area contributed by atoms with E-state index in [0.29, 0.717) is 49.7 Å². The second-order valence-corrected chi connectivity index (χ2v) is 18.2. The van der Waals surface area contributed by atoms with Gasteiger partial charge in [0.15, 0.2) is 11.0 Å². The Kier molecular flexibility index (Phi) is 13.1. The van der Waals surface area contributed by atoms with Crippen LogP contribution in [0.25, 0.3) is 32.7 Å². The summed E-state index contributed by atoms with van der Waals surface area (Å²) in [5, 5.41) is 26.1. The molecule has 0 spiro atoms. The van der Waals surface area contributed by atoms with Crippen molar-refractivity contribution < 1.29 is 42.1 Å². The van der Waals surface area contributed by atoms with Gasteiger partial charge in [0, 0.05) is 24.2 Å². The van der Waals surface area contributed by atoms with Gasteiger partial charge in [0.05, 0.1) is 49.4 Å². The van der Waals surface area contributed by atoms with Crippen LogP contribution in [0.5, 0.6) is 17.2 Å². The molecule has 2 N–H and O–H groups in total. The molecular formula is C45H45N7O9S2. The second kappa shape index (κ2) is 18.6. The molecule has 63 heavy (non-hydrogen) atoms. The van der Waals surface area contributed by atoms with Gasteiger partial charge in [0.2, 0.25) is 10.0 Å². The predicted molar refractivity (Wildman–Crippen MR) is 238 cm³/mol. The van der Waals surface area contributed by atoms with Crippen LogP contribution in [-0.2, 0) is 45.6 Å². The minimum Gasteiger partial charge on any atom is -0.497 e. The van der Waals surface area contributed by atoms with Gasteiger partial charge in [-0.1, -0.05) is 72.0 Å². The summed E-state index contributed by atoms with van der Waals surface area (Å²) >= 11 is 1.20. The molecule has 0 radical (unpaired) electrons. The van der Waals surface area contributed by atoms with Crippen LogP contribution in [0.15, 0.2) is 108 Å². The van der Waals surface area contributed by atoms with Crippen LogP contribution in [0.3, 0.4) is 0 Å². The van der Waals surface area contributed by atoms with Crippen LogP contribution < -0.4 is 19.5 Å². The van der Waals surface area contributed by atoms with Gasteiger partial charge in [-0.05, 0) is 101 Å². The average molecular weight is 892 g/mol. The van der Waals surface area contributed by atoms with E-state index in [2.05, 4.69) is 20.8 Å². The molecule has 2 aromatic heterocycles. The zero-order valence-electron chi connectivity index (χ0n) is 35.4. The van der Waals surface area contributed by atoms with Crippen molar-refractivity contribution in [2.45, 2.75) is 57.3 Å². The maximum atomic E-state index is 15.8. The number of benzene rings is 5. The van der Waals surface area contributed by atoms with Crippen LogP contribution in [-0.4, -0.2) is 82.0 Å². The van der Waals surface area contributed by atoms with Gasteiger partial charge in [-0.2, -0.15) is 4.31 Å². The summed E-state index contributed by atoms with van der Waals surface area (Å²) in [6, 6.07) is 29.8. The number of anilines is 1. The number of tetrazole rings is 1. The Balaban J connectivity index is 1.48. The number of hydrogen-bond acceptors (Lipinski definition) is 13.